The highest BCUT2D eigenvalue weighted by Crippen LogP contribution is 2.26. The van der Waals surface area contributed by atoms with Crippen molar-refractivity contribution in [3.63, 3.8) is 0 Å². The van der Waals surface area contributed by atoms with E-state index in [2.05, 4.69) is 15.5 Å². The average Bonchev–Trinajstić information content (AvgIpc) is 3.29. The Morgan fingerprint density at radius 3 is 2.63 bits per heavy atom. The number of piperidine rings is 1. The Morgan fingerprint density at radius 1 is 1.13 bits per heavy atom. The number of methoxy groups -OCH3 is 1. The number of amides is 2. The smallest absolute Gasteiger partial charge is 0.257 e. The van der Waals surface area contributed by atoms with Gasteiger partial charge in [-0.15, -0.1) is 0 Å². The maximum absolute atomic E-state index is 13.2. The molecule has 1 unspecified atom stereocenters. The molecule has 0 spiro atoms. The van der Waals surface area contributed by atoms with Gasteiger partial charge in [0.2, 0.25) is 5.91 Å². The number of likely N-dealkylation sites (tertiary alicyclic amines) is 1. The molecule has 2 heterocycles. The van der Waals surface area contributed by atoms with Crippen molar-refractivity contribution in [3.05, 3.63) is 66.4 Å². The fourth-order valence-corrected chi connectivity index (χ4v) is 3.74. The number of aromatic nitrogens is 2. The Labute approximate surface area is 175 Å². The third kappa shape index (κ3) is 4.20. The van der Waals surface area contributed by atoms with Gasteiger partial charge in [-0.3, -0.25) is 14.7 Å². The molecule has 1 aliphatic heterocycles. The van der Waals surface area contributed by atoms with E-state index in [-0.39, 0.29) is 17.7 Å². The van der Waals surface area contributed by atoms with Gasteiger partial charge in [0.15, 0.2) is 0 Å². The zero-order valence-electron chi connectivity index (χ0n) is 16.8. The number of anilines is 1. The fourth-order valence-electron chi connectivity index (χ4n) is 3.74. The lowest BCUT2D eigenvalue weighted by Gasteiger charge is -2.32. The van der Waals surface area contributed by atoms with Gasteiger partial charge < -0.3 is 15.0 Å². The summed E-state index contributed by atoms with van der Waals surface area (Å²) < 4.78 is 5.20. The van der Waals surface area contributed by atoms with E-state index in [4.69, 9.17) is 4.74 Å². The number of para-hydroxylation sites is 1. The highest BCUT2D eigenvalue weighted by molar-refractivity contribution is 6.00. The number of hydrogen-bond acceptors (Lipinski definition) is 4. The number of rotatable bonds is 5. The molecule has 7 heteroatoms. The second-order valence-electron chi connectivity index (χ2n) is 7.33. The van der Waals surface area contributed by atoms with Crippen molar-refractivity contribution in [1.82, 2.24) is 15.1 Å². The molecule has 0 saturated carbocycles. The van der Waals surface area contributed by atoms with E-state index >= 15 is 0 Å². The number of aromatic amines is 1. The maximum Gasteiger partial charge on any atom is 0.257 e. The number of carbonyl (C=O) groups excluding carboxylic acids is 2. The molecule has 2 aromatic carbocycles. The first kappa shape index (κ1) is 19.7. The van der Waals surface area contributed by atoms with Crippen LogP contribution in [0.2, 0.25) is 0 Å². The quantitative estimate of drug-likeness (QED) is 0.681. The molecular formula is C23H24N4O3. The predicted molar refractivity (Wildman–Crippen MR) is 114 cm³/mol. The SMILES string of the molecule is COc1ccc(-c2[nH]ncc2C(=O)N2CCCC(C(=O)Nc3ccccc3)C2)cc1. The largest absolute Gasteiger partial charge is 0.497 e. The van der Waals surface area contributed by atoms with Crippen LogP contribution in [0.5, 0.6) is 5.75 Å². The summed E-state index contributed by atoms with van der Waals surface area (Å²) in [5, 5.41) is 9.96. The first-order chi connectivity index (χ1) is 14.7. The molecule has 4 rings (SSSR count). The van der Waals surface area contributed by atoms with Crippen LogP contribution in [0.3, 0.4) is 0 Å². The van der Waals surface area contributed by atoms with Crippen molar-refractivity contribution >= 4 is 17.5 Å². The van der Waals surface area contributed by atoms with Crippen LogP contribution in [0.4, 0.5) is 5.69 Å². The van der Waals surface area contributed by atoms with Gasteiger partial charge in [0.05, 0.1) is 30.5 Å². The van der Waals surface area contributed by atoms with E-state index in [0.29, 0.717) is 24.3 Å². The molecule has 1 atom stereocenters. The molecule has 2 amide bonds. The monoisotopic (exact) mass is 404 g/mol. The van der Waals surface area contributed by atoms with Crippen molar-refractivity contribution in [2.24, 2.45) is 5.92 Å². The fraction of sp³-hybridized carbons (Fsp3) is 0.261. The van der Waals surface area contributed by atoms with Gasteiger partial charge in [0, 0.05) is 24.3 Å². The van der Waals surface area contributed by atoms with Crippen LogP contribution in [0.1, 0.15) is 23.2 Å². The third-order valence-electron chi connectivity index (χ3n) is 5.37. The second-order valence-corrected chi connectivity index (χ2v) is 7.33. The molecule has 0 aliphatic carbocycles. The van der Waals surface area contributed by atoms with Gasteiger partial charge in [0.25, 0.3) is 5.91 Å². The minimum Gasteiger partial charge on any atom is -0.497 e. The molecule has 1 aliphatic rings. The van der Waals surface area contributed by atoms with Crippen molar-refractivity contribution in [2.45, 2.75) is 12.8 Å². The average molecular weight is 404 g/mol. The van der Waals surface area contributed by atoms with E-state index in [9.17, 15) is 9.59 Å². The summed E-state index contributed by atoms with van der Waals surface area (Å²) in [6.07, 6.45) is 3.10. The van der Waals surface area contributed by atoms with E-state index in [1.165, 1.54) is 0 Å². The third-order valence-corrected chi connectivity index (χ3v) is 5.37. The molecule has 30 heavy (non-hydrogen) atoms. The van der Waals surface area contributed by atoms with Crippen LogP contribution >= 0.6 is 0 Å². The minimum atomic E-state index is -0.237. The molecule has 7 nitrogen and oxygen atoms in total. The summed E-state index contributed by atoms with van der Waals surface area (Å²) in [6, 6.07) is 16.8. The number of nitrogens with zero attached hydrogens (tertiary/aromatic N) is 2. The molecule has 154 valence electrons. The Balaban J connectivity index is 1.47. The highest BCUT2D eigenvalue weighted by atomic mass is 16.5. The number of hydrogen-bond donors (Lipinski definition) is 2. The molecule has 2 N–H and O–H groups in total. The van der Waals surface area contributed by atoms with Crippen LogP contribution in [0.15, 0.2) is 60.8 Å². The van der Waals surface area contributed by atoms with E-state index in [0.717, 1.165) is 29.8 Å². The normalized spacial score (nSPS) is 16.2. The minimum absolute atomic E-state index is 0.0544. The first-order valence-electron chi connectivity index (χ1n) is 9.98. The van der Waals surface area contributed by atoms with Crippen LogP contribution in [0, 0.1) is 5.92 Å². The zero-order chi connectivity index (χ0) is 20.9. The Morgan fingerprint density at radius 2 is 1.90 bits per heavy atom. The number of nitrogens with one attached hydrogen (secondary N) is 2. The Kier molecular flexibility index (Phi) is 5.79. The van der Waals surface area contributed by atoms with Gasteiger partial charge >= 0.3 is 0 Å². The van der Waals surface area contributed by atoms with Crippen molar-refractivity contribution in [3.8, 4) is 17.0 Å². The van der Waals surface area contributed by atoms with Gasteiger partial charge in [-0.1, -0.05) is 18.2 Å². The number of carbonyl (C=O) groups is 2. The summed E-state index contributed by atoms with van der Waals surface area (Å²) in [5.41, 5.74) is 2.79. The standard InChI is InChI=1S/C23H24N4O3/c1-30-19-11-9-16(10-12-19)21-20(14-24-26-21)23(29)27-13-5-6-17(15-27)22(28)25-18-7-3-2-4-8-18/h2-4,7-12,14,17H,5-6,13,15H2,1H3,(H,24,26)(H,25,28). The van der Waals surface area contributed by atoms with Gasteiger partial charge in [0.1, 0.15) is 5.75 Å². The molecule has 1 fully saturated rings. The molecule has 1 aromatic heterocycles. The molecule has 0 radical (unpaired) electrons. The van der Waals surface area contributed by atoms with E-state index in [1.807, 2.05) is 54.6 Å². The molecule has 3 aromatic rings. The van der Waals surface area contributed by atoms with Crippen LogP contribution in [0.25, 0.3) is 11.3 Å². The lowest BCUT2D eigenvalue weighted by Crippen LogP contribution is -2.43. The molecule has 0 bridgehead atoms. The zero-order valence-corrected chi connectivity index (χ0v) is 16.8. The van der Waals surface area contributed by atoms with E-state index in [1.54, 1.807) is 18.2 Å². The Hall–Kier alpha value is -3.61. The number of ether oxygens (including phenoxy) is 1. The number of H-pyrrole nitrogens is 1. The summed E-state index contributed by atoms with van der Waals surface area (Å²) in [7, 11) is 1.61. The van der Waals surface area contributed by atoms with Crippen LogP contribution in [-0.4, -0.2) is 47.1 Å². The first-order valence-corrected chi connectivity index (χ1v) is 9.98. The van der Waals surface area contributed by atoms with Crippen molar-refractivity contribution in [2.75, 3.05) is 25.5 Å². The second kappa shape index (κ2) is 8.82. The van der Waals surface area contributed by atoms with Crippen LogP contribution < -0.4 is 10.1 Å². The van der Waals surface area contributed by atoms with E-state index < -0.39 is 0 Å². The van der Waals surface area contributed by atoms with Gasteiger partial charge in [-0.25, -0.2) is 0 Å². The number of benzene rings is 2. The Bertz CT molecular complexity index is 1010. The predicted octanol–water partition coefficient (Wildman–Crippen LogP) is 3.58. The lowest BCUT2D eigenvalue weighted by atomic mass is 9.96. The summed E-state index contributed by atoms with van der Waals surface area (Å²) >= 11 is 0. The summed E-state index contributed by atoms with van der Waals surface area (Å²) in [6.45, 7) is 1.02. The molecule has 1 saturated heterocycles. The summed E-state index contributed by atoms with van der Waals surface area (Å²) in [5.74, 6) is 0.335. The summed E-state index contributed by atoms with van der Waals surface area (Å²) in [4.78, 5) is 27.7. The van der Waals surface area contributed by atoms with Crippen LogP contribution in [-0.2, 0) is 4.79 Å². The van der Waals surface area contributed by atoms with Crippen molar-refractivity contribution in [1.29, 1.82) is 0 Å². The van der Waals surface area contributed by atoms with Gasteiger partial charge in [-0.2, -0.15) is 5.10 Å². The molecular weight excluding hydrogens is 380 g/mol. The van der Waals surface area contributed by atoms with Crippen molar-refractivity contribution < 1.29 is 14.3 Å². The maximum atomic E-state index is 13.2. The lowest BCUT2D eigenvalue weighted by molar-refractivity contribution is -0.121. The topological polar surface area (TPSA) is 87.3 Å². The van der Waals surface area contributed by atoms with Gasteiger partial charge in [-0.05, 0) is 49.2 Å². The highest BCUT2D eigenvalue weighted by Gasteiger charge is 2.30.